The lowest BCUT2D eigenvalue weighted by molar-refractivity contribution is -0.0373. The molecule has 4 heteroatoms. The number of halogens is 2. The van der Waals surface area contributed by atoms with Crippen LogP contribution in [-0.2, 0) is 5.41 Å². The molecule has 0 saturated heterocycles. The Morgan fingerprint density at radius 3 is 2.58 bits per heavy atom. The molecule has 19 heavy (non-hydrogen) atoms. The Morgan fingerprint density at radius 1 is 1.37 bits per heavy atom. The van der Waals surface area contributed by atoms with Crippen LogP contribution in [0.3, 0.4) is 0 Å². The summed E-state index contributed by atoms with van der Waals surface area (Å²) in [6.07, 6.45) is 3.73. The number of rotatable bonds is 2. The van der Waals surface area contributed by atoms with E-state index < -0.39 is 0 Å². The van der Waals surface area contributed by atoms with Crippen molar-refractivity contribution in [3.05, 3.63) is 28.2 Å². The zero-order chi connectivity index (χ0) is 13.4. The third-order valence-corrected chi connectivity index (χ3v) is 5.20. The predicted octanol–water partition coefficient (Wildman–Crippen LogP) is 4.57. The predicted molar refractivity (Wildman–Crippen MR) is 76.8 cm³/mol. The highest BCUT2D eigenvalue weighted by Crippen LogP contribution is 2.65. The van der Waals surface area contributed by atoms with E-state index in [1.807, 2.05) is 6.07 Å². The summed E-state index contributed by atoms with van der Waals surface area (Å²) in [5.74, 6) is 1.78. The molecule has 0 spiro atoms. The molecule has 2 bridgehead atoms. The molecule has 100 valence electrons. The average Bonchev–Trinajstić information content (AvgIpc) is 2.52. The van der Waals surface area contributed by atoms with Gasteiger partial charge in [-0.2, -0.15) is 0 Å². The Kier molecular flexibility index (Phi) is 2.25. The molecular weight excluding hydrogens is 307 g/mol. The molecule has 0 radical (unpaired) electrons. The maximum atomic E-state index is 14.1. The first kappa shape index (κ1) is 11.9. The lowest BCUT2D eigenvalue weighted by Crippen LogP contribution is -2.56. The SMILES string of the molecule is CC(C)n1c(C23CC(C2)C3)nc2c(F)cc(Br)cc21. The van der Waals surface area contributed by atoms with Crippen LogP contribution in [0.15, 0.2) is 16.6 Å². The summed E-state index contributed by atoms with van der Waals surface area (Å²) >= 11 is 3.39. The van der Waals surface area contributed by atoms with E-state index in [0.29, 0.717) is 11.6 Å². The van der Waals surface area contributed by atoms with Gasteiger partial charge in [-0.05, 0) is 51.2 Å². The Morgan fingerprint density at radius 2 is 2.05 bits per heavy atom. The first-order chi connectivity index (χ1) is 9.00. The molecule has 1 heterocycles. The molecule has 0 amide bonds. The fourth-order valence-corrected chi connectivity index (χ4v) is 4.19. The van der Waals surface area contributed by atoms with Crippen molar-refractivity contribution < 1.29 is 4.39 Å². The summed E-state index contributed by atoms with van der Waals surface area (Å²) in [6.45, 7) is 4.30. The highest BCUT2D eigenvalue weighted by Gasteiger charge is 2.60. The Labute approximate surface area is 120 Å². The normalized spacial score (nSPS) is 28.6. The van der Waals surface area contributed by atoms with Crippen molar-refractivity contribution in [2.24, 2.45) is 5.92 Å². The van der Waals surface area contributed by atoms with Crippen LogP contribution in [0.5, 0.6) is 0 Å². The van der Waals surface area contributed by atoms with Gasteiger partial charge in [-0.25, -0.2) is 9.37 Å². The van der Waals surface area contributed by atoms with Gasteiger partial charge in [-0.1, -0.05) is 15.9 Å². The molecule has 2 aromatic rings. The van der Waals surface area contributed by atoms with Crippen molar-refractivity contribution in [3.8, 4) is 0 Å². The summed E-state index contributed by atoms with van der Waals surface area (Å²) in [6, 6.07) is 3.80. The van der Waals surface area contributed by atoms with E-state index in [9.17, 15) is 4.39 Å². The number of imidazole rings is 1. The number of benzene rings is 1. The quantitative estimate of drug-likeness (QED) is 0.791. The standard InChI is InChI=1S/C15H16BrFN2/c1-8(2)19-12-4-10(16)3-11(17)13(12)18-14(19)15-5-9(6-15)7-15/h3-4,8-9H,5-7H2,1-2H3. The Bertz CT molecular complexity index is 672. The maximum absolute atomic E-state index is 14.1. The lowest BCUT2D eigenvalue weighted by Gasteiger charge is -2.61. The highest BCUT2D eigenvalue weighted by molar-refractivity contribution is 9.10. The van der Waals surface area contributed by atoms with Crippen LogP contribution in [-0.4, -0.2) is 9.55 Å². The van der Waals surface area contributed by atoms with Crippen LogP contribution in [0.1, 0.15) is 45.0 Å². The van der Waals surface area contributed by atoms with Gasteiger partial charge in [-0.3, -0.25) is 0 Å². The van der Waals surface area contributed by atoms with Crippen molar-refractivity contribution in [2.45, 2.75) is 44.6 Å². The molecule has 0 atom stereocenters. The van der Waals surface area contributed by atoms with Gasteiger partial charge >= 0.3 is 0 Å². The molecule has 3 aliphatic rings. The second-order valence-corrected chi connectivity index (χ2v) is 7.33. The van der Waals surface area contributed by atoms with Gasteiger partial charge in [0.1, 0.15) is 11.3 Å². The highest BCUT2D eigenvalue weighted by atomic mass is 79.9. The Hall–Kier alpha value is -0.900. The molecule has 3 fully saturated rings. The van der Waals surface area contributed by atoms with Gasteiger partial charge in [0.15, 0.2) is 5.82 Å². The summed E-state index contributed by atoms with van der Waals surface area (Å²) < 4.78 is 17.1. The molecule has 3 aliphatic carbocycles. The molecule has 0 aliphatic heterocycles. The van der Waals surface area contributed by atoms with E-state index >= 15 is 0 Å². The lowest BCUT2D eigenvalue weighted by atomic mass is 9.44. The van der Waals surface area contributed by atoms with Crippen LogP contribution >= 0.6 is 15.9 Å². The van der Waals surface area contributed by atoms with Crippen LogP contribution in [0.4, 0.5) is 4.39 Å². The van der Waals surface area contributed by atoms with Gasteiger partial charge in [0.2, 0.25) is 0 Å². The van der Waals surface area contributed by atoms with Crippen LogP contribution in [0.25, 0.3) is 11.0 Å². The van der Waals surface area contributed by atoms with E-state index in [1.165, 1.54) is 25.3 Å². The van der Waals surface area contributed by atoms with Crippen molar-refractivity contribution in [1.82, 2.24) is 9.55 Å². The van der Waals surface area contributed by atoms with E-state index in [1.54, 1.807) is 0 Å². The van der Waals surface area contributed by atoms with Crippen LogP contribution < -0.4 is 0 Å². The minimum absolute atomic E-state index is 0.225. The first-order valence-corrected chi connectivity index (χ1v) is 7.67. The van der Waals surface area contributed by atoms with Gasteiger partial charge in [0.25, 0.3) is 0 Å². The number of fused-ring (bicyclic) bond motifs is 1. The number of nitrogens with zero attached hydrogens (tertiary/aromatic N) is 2. The maximum Gasteiger partial charge on any atom is 0.152 e. The summed E-state index contributed by atoms with van der Waals surface area (Å²) in [7, 11) is 0. The number of hydrogen-bond acceptors (Lipinski definition) is 1. The topological polar surface area (TPSA) is 17.8 Å². The van der Waals surface area contributed by atoms with Gasteiger partial charge in [0, 0.05) is 15.9 Å². The molecule has 5 rings (SSSR count). The van der Waals surface area contributed by atoms with Crippen molar-refractivity contribution >= 4 is 27.0 Å². The fraction of sp³-hybridized carbons (Fsp3) is 0.533. The zero-order valence-corrected chi connectivity index (χ0v) is 12.7. The largest absolute Gasteiger partial charge is 0.325 e. The molecule has 2 nitrogen and oxygen atoms in total. The second kappa shape index (κ2) is 3.60. The van der Waals surface area contributed by atoms with E-state index in [0.717, 1.165) is 21.7 Å². The zero-order valence-electron chi connectivity index (χ0n) is 11.1. The van der Waals surface area contributed by atoms with Gasteiger partial charge in [0.05, 0.1) is 5.52 Å². The third-order valence-electron chi connectivity index (χ3n) is 4.74. The number of hydrogen-bond donors (Lipinski definition) is 0. The molecule has 0 unspecified atom stereocenters. The van der Waals surface area contributed by atoms with Crippen molar-refractivity contribution in [3.63, 3.8) is 0 Å². The van der Waals surface area contributed by atoms with Crippen molar-refractivity contribution in [1.29, 1.82) is 0 Å². The molecule has 1 aromatic carbocycles. The van der Waals surface area contributed by atoms with Gasteiger partial charge in [-0.15, -0.1) is 0 Å². The molecule has 0 N–H and O–H groups in total. The molecular formula is C15H16BrFN2. The monoisotopic (exact) mass is 322 g/mol. The van der Waals surface area contributed by atoms with E-state index in [4.69, 9.17) is 0 Å². The summed E-state index contributed by atoms with van der Waals surface area (Å²) in [5, 5.41) is 0. The number of aromatic nitrogens is 2. The second-order valence-electron chi connectivity index (χ2n) is 6.41. The average molecular weight is 323 g/mol. The summed E-state index contributed by atoms with van der Waals surface area (Å²) in [5.41, 5.74) is 1.70. The smallest absolute Gasteiger partial charge is 0.152 e. The Balaban J connectivity index is 2.02. The third kappa shape index (κ3) is 1.44. The van der Waals surface area contributed by atoms with Crippen LogP contribution in [0, 0.1) is 11.7 Å². The van der Waals surface area contributed by atoms with Crippen molar-refractivity contribution in [2.75, 3.05) is 0 Å². The van der Waals surface area contributed by atoms with E-state index in [-0.39, 0.29) is 11.2 Å². The minimum Gasteiger partial charge on any atom is -0.325 e. The van der Waals surface area contributed by atoms with E-state index in [2.05, 4.69) is 39.3 Å². The molecule has 1 aromatic heterocycles. The first-order valence-electron chi connectivity index (χ1n) is 6.88. The fourth-order valence-electron chi connectivity index (χ4n) is 3.77. The summed E-state index contributed by atoms with van der Waals surface area (Å²) in [4.78, 5) is 4.67. The minimum atomic E-state index is -0.225. The molecule has 3 saturated carbocycles. The van der Waals surface area contributed by atoms with Crippen LogP contribution in [0.2, 0.25) is 0 Å². The van der Waals surface area contributed by atoms with Gasteiger partial charge < -0.3 is 4.57 Å².